The lowest BCUT2D eigenvalue weighted by molar-refractivity contribution is 0.0870. The predicted molar refractivity (Wildman–Crippen MR) is 67.1 cm³/mol. The van der Waals surface area contributed by atoms with Gasteiger partial charge >= 0.3 is 0 Å². The Morgan fingerprint density at radius 2 is 2.47 bits per heavy atom. The summed E-state index contributed by atoms with van der Waals surface area (Å²) >= 11 is 1.48. The maximum absolute atomic E-state index is 11.8. The second kappa shape index (κ2) is 5.60. The molecule has 94 valence electrons. The van der Waals surface area contributed by atoms with Gasteiger partial charge in [-0.2, -0.15) is 0 Å². The molecule has 2 rings (SSSR count). The van der Waals surface area contributed by atoms with E-state index in [0.717, 1.165) is 30.7 Å². The van der Waals surface area contributed by atoms with Gasteiger partial charge in [0.25, 0.3) is 5.91 Å². The number of carbonyl (C=O) groups is 1. The van der Waals surface area contributed by atoms with Crippen molar-refractivity contribution < 1.29 is 9.90 Å². The molecule has 0 bridgehead atoms. The van der Waals surface area contributed by atoms with Crippen LogP contribution in [0.2, 0.25) is 0 Å². The number of amides is 1. The summed E-state index contributed by atoms with van der Waals surface area (Å²) in [5.74, 6) is 0.303. The molecule has 1 aromatic rings. The summed E-state index contributed by atoms with van der Waals surface area (Å²) in [6, 6.07) is 0. The minimum atomic E-state index is -0.188. The van der Waals surface area contributed by atoms with Gasteiger partial charge in [-0.25, -0.2) is 4.98 Å². The van der Waals surface area contributed by atoms with Crippen LogP contribution in [0.1, 0.15) is 41.2 Å². The number of aliphatic hydroxyl groups is 1. The van der Waals surface area contributed by atoms with Crippen LogP contribution in [-0.4, -0.2) is 28.6 Å². The van der Waals surface area contributed by atoms with Crippen molar-refractivity contribution >= 4 is 17.2 Å². The molecular formula is C12H18N2O2S. The zero-order valence-corrected chi connectivity index (χ0v) is 10.8. The summed E-state index contributed by atoms with van der Waals surface area (Å²) in [7, 11) is 0. The van der Waals surface area contributed by atoms with Crippen LogP contribution in [0, 0.1) is 12.8 Å². The number of aryl methyl sites for hydroxylation is 1. The number of thiazole rings is 1. The Balaban J connectivity index is 1.80. The number of carbonyl (C=O) groups excluding carboxylic acids is 1. The Morgan fingerprint density at radius 3 is 3.12 bits per heavy atom. The fourth-order valence-corrected chi connectivity index (χ4v) is 2.84. The first-order valence-corrected chi connectivity index (χ1v) is 6.91. The zero-order valence-electron chi connectivity index (χ0n) is 9.98. The maximum atomic E-state index is 11.8. The third-order valence-electron chi connectivity index (χ3n) is 3.16. The molecule has 0 radical (unpaired) electrons. The summed E-state index contributed by atoms with van der Waals surface area (Å²) in [5, 5.41) is 15.1. The standard InChI is InChI=1S/C12H18N2O2S/c1-8-14-11(7-17-8)12(16)13-6-9-3-2-4-10(15)5-9/h7,9-10,15H,2-6H2,1H3,(H,13,16). The Hall–Kier alpha value is -0.940. The molecule has 2 N–H and O–H groups in total. The minimum Gasteiger partial charge on any atom is -0.393 e. The molecule has 2 atom stereocenters. The van der Waals surface area contributed by atoms with Gasteiger partial charge < -0.3 is 10.4 Å². The molecule has 1 aliphatic rings. The van der Waals surface area contributed by atoms with Gasteiger partial charge in [0, 0.05) is 11.9 Å². The van der Waals surface area contributed by atoms with Crippen molar-refractivity contribution in [1.29, 1.82) is 0 Å². The molecule has 1 amide bonds. The molecule has 1 saturated carbocycles. The topological polar surface area (TPSA) is 62.2 Å². The van der Waals surface area contributed by atoms with E-state index in [0.29, 0.717) is 18.2 Å². The van der Waals surface area contributed by atoms with E-state index in [9.17, 15) is 9.90 Å². The minimum absolute atomic E-state index is 0.102. The average molecular weight is 254 g/mol. The Morgan fingerprint density at radius 1 is 1.65 bits per heavy atom. The van der Waals surface area contributed by atoms with E-state index in [1.165, 1.54) is 11.3 Å². The molecular weight excluding hydrogens is 236 g/mol. The normalized spacial score (nSPS) is 24.6. The highest BCUT2D eigenvalue weighted by molar-refractivity contribution is 7.09. The number of nitrogens with one attached hydrogen (secondary N) is 1. The van der Waals surface area contributed by atoms with Crippen LogP contribution in [0.4, 0.5) is 0 Å². The highest BCUT2D eigenvalue weighted by Crippen LogP contribution is 2.23. The molecule has 4 nitrogen and oxygen atoms in total. The van der Waals surface area contributed by atoms with Gasteiger partial charge in [-0.1, -0.05) is 6.42 Å². The maximum Gasteiger partial charge on any atom is 0.270 e. The summed E-state index contributed by atoms with van der Waals surface area (Å²) in [4.78, 5) is 15.9. The van der Waals surface area contributed by atoms with E-state index in [1.807, 2.05) is 6.92 Å². The van der Waals surface area contributed by atoms with Gasteiger partial charge in [0.05, 0.1) is 11.1 Å². The molecule has 1 aliphatic carbocycles. The van der Waals surface area contributed by atoms with E-state index in [-0.39, 0.29) is 12.0 Å². The van der Waals surface area contributed by atoms with Crippen LogP contribution in [0.5, 0.6) is 0 Å². The largest absolute Gasteiger partial charge is 0.393 e. The van der Waals surface area contributed by atoms with E-state index >= 15 is 0 Å². The zero-order chi connectivity index (χ0) is 12.3. The van der Waals surface area contributed by atoms with Crippen LogP contribution < -0.4 is 5.32 Å². The lowest BCUT2D eigenvalue weighted by Gasteiger charge is -2.25. The average Bonchev–Trinajstić information content (AvgIpc) is 2.73. The van der Waals surface area contributed by atoms with Crippen LogP contribution in [-0.2, 0) is 0 Å². The quantitative estimate of drug-likeness (QED) is 0.863. The van der Waals surface area contributed by atoms with Crippen molar-refractivity contribution in [2.45, 2.75) is 38.7 Å². The van der Waals surface area contributed by atoms with Crippen LogP contribution >= 0.6 is 11.3 Å². The molecule has 17 heavy (non-hydrogen) atoms. The van der Waals surface area contributed by atoms with Gasteiger partial charge in [0.1, 0.15) is 5.69 Å². The third kappa shape index (κ3) is 3.51. The summed E-state index contributed by atoms with van der Waals surface area (Å²) in [6.07, 6.45) is 3.66. The Labute approximate surface area is 105 Å². The SMILES string of the molecule is Cc1nc(C(=O)NCC2CCCC(O)C2)cs1. The Kier molecular flexibility index (Phi) is 4.12. The number of nitrogens with zero attached hydrogens (tertiary/aromatic N) is 1. The van der Waals surface area contributed by atoms with Crippen LogP contribution in [0.25, 0.3) is 0 Å². The fourth-order valence-electron chi connectivity index (χ4n) is 2.24. The van der Waals surface area contributed by atoms with Crippen molar-refractivity contribution in [3.05, 3.63) is 16.1 Å². The number of rotatable bonds is 3. The van der Waals surface area contributed by atoms with Gasteiger partial charge in [-0.3, -0.25) is 4.79 Å². The molecule has 5 heteroatoms. The molecule has 0 aromatic carbocycles. The van der Waals surface area contributed by atoms with E-state index in [4.69, 9.17) is 0 Å². The predicted octanol–water partition coefficient (Wildman–Crippen LogP) is 1.73. The highest BCUT2D eigenvalue weighted by Gasteiger charge is 2.21. The molecule has 0 spiro atoms. The molecule has 1 fully saturated rings. The molecule has 2 unspecified atom stereocenters. The van der Waals surface area contributed by atoms with Crippen molar-refractivity contribution in [1.82, 2.24) is 10.3 Å². The van der Waals surface area contributed by atoms with Crippen molar-refractivity contribution in [2.24, 2.45) is 5.92 Å². The summed E-state index contributed by atoms with van der Waals surface area (Å²) < 4.78 is 0. The second-order valence-electron chi connectivity index (χ2n) is 4.65. The molecule has 1 aromatic heterocycles. The first-order chi connectivity index (χ1) is 8.15. The highest BCUT2D eigenvalue weighted by atomic mass is 32.1. The molecule has 1 heterocycles. The first-order valence-electron chi connectivity index (χ1n) is 6.03. The first kappa shape index (κ1) is 12.5. The second-order valence-corrected chi connectivity index (χ2v) is 5.71. The van der Waals surface area contributed by atoms with Gasteiger partial charge in [0.15, 0.2) is 0 Å². The van der Waals surface area contributed by atoms with Crippen LogP contribution in [0.3, 0.4) is 0 Å². The lowest BCUT2D eigenvalue weighted by Crippen LogP contribution is -2.33. The summed E-state index contributed by atoms with van der Waals surface area (Å²) in [5.41, 5.74) is 0.504. The summed E-state index contributed by atoms with van der Waals surface area (Å²) in [6.45, 7) is 2.53. The van der Waals surface area contributed by atoms with Crippen molar-refractivity contribution in [2.75, 3.05) is 6.54 Å². The molecule has 0 saturated heterocycles. The monoisotopic (exact) mass is 254 g/mol. The Bertz CT molecular complexity index is 392. The number of aromatic nitrogens is 1. The van der Waals surface area contributed by atoms with E-state index < -0.39 is 0 Å². The fraction of sp³-hybridized carbons (Fsp3) is 0.667. The number of hydrogen-bond donors (Lipinski definition) is 2. The van der Waals surface area contributed by atoms with Gasteiger partial charge in [-0.15, -0.1) is 11.3 Å². The lowest BCUT2D eigenvalue weighted by atomic mass is 9.87. The van der Waals surface area contributed by atoms with Crippen molar-refractivity contribution in [3.8, 4) is 0 Å². The smallest absolute Gasteiger partial charge is 0.270 e. The van der Waals surface area contributed by atoms with Crippen LogP contribution in [0.15, 0.2) is 5.38 Å². The van der Waals surface area contributed by atoms with Gasteiger partial charge in [-0.05, 0) is 32.1 Å². The number of aliphatic hydroxyl groups excluding tert-OH is 1. The van der Waals surface area contributed by atoms with E-state index in [1.54, 1.807) is 5.38 Å². The third-order valence-corrected chi connectivity index (χ3v) is 3.93. The van der Waals surface area contributed by atoms with Crippen molar-refractivity contribution in [3.63, 3.8) is 0 Å². The van der Waals surface area contributed by atoms with E-state index in [2.05, 4.69) is 10.3 Å². The molecule has 0 aliphatic heterocycles. The van der Waals surface area contributed by atoms with Gasteiger partial charge in [0.2, 0.25) is 0 Å². The number of hydrogen-bond acceptors (Lipinski definition) is 4.